The maximum Gasteiger partial charge on any atom is 0.145 e. The summed E-state index contributed by atoms with van der Waals surface area (Å²) >= 11 is 0. The predicted molar refractivity (Wildman–Crippen MR) is 55.8 cm³/mol. The van der Waals surface area contributed by atoms with Crippen molar-refractivity contribution < 1.29 is 4.21 Å². The molecule has 0 saturated carbocycles. The minimum absolute atomic E-state index is 0.261. The molecule has 0 fully saturated rings. The van der Waals surface area contributed by atoms with Crippen LogP contribution in [0, 0.1) is 0 Å². The largest absolute Gasteiger partial charge is 0.234 e. The minimum Gasteiger partial charge on any atom is -0.234 e. The number of hydrogen-bond acceptors (Lipinski definition) is 1. The lowest BCUT2D eigenvalue weighted by atomic mass is 10.3. The zero-order chi connectivity index (χ0) is 9.78. The molecule has 0 bridgehead atoms. The van der Waals surface area contributed by atoms with E-state index in [-0.39, 0.29) is 4.75 Å². The second-order valence-electron chi connectivity index (χ2n) is 3.59. The molecule has 0 radical (unpaired) electrons. The summed E-state index contributed by atoms with van der Waals surface area (Å²) in [5, 5.41) is 0. The molecule has 0 aromatic rings. The van der Waals surface area contributed by atoms with E-state index in [0.29, 0.717) is 0 Å². The molecule has 0 aliphatic heterocycles. The standard InChI is InChI=1S/C9H17NOS/c1-6-7-8(2)10-12(11)9(3,4)5/h6-7H,1-5H3/b7-6+,10-8-. The highest BCUT2D eigenvalue weighted by atomic mass is 32.2. The molecular formula is C9H17NOS. The van der Waals surface area contributed by atoms with Crippen molar-refractivity contribution in [2.45, 2.75) is 39.4 Å². The Bertz CT molecular complexity index is 223. The van der Waals surface area contributed by atoms with Gasteiger partial charge in [0, 0.05) is 5.71 Å². The molecule has 0 spiro atoms. The molecule has 0 rings (SSSR count). The van der Waals surface area contributed by atoms with Crippen LogP contribution in [0.4, 0.5) is 0 Å². The van der Waals surface area contributed by atoms with E-state index in [1.165, 1.54) is 0 Å². The second-order valence-corrected chi connectivity index (χ2v) is 5.50. The lowest BCUT2D eigenvalue weighted by Crippen LogP contribution is -2.20. The zero-order valence-corrected chi connectivity index (χ0v) is 9.23. The first-order valence-electron chi connectivity index (χ1n) is 3.98. The normalized spacial score (nSPS) is 16.9. The first kappa shape index (κ1) is 11.6. The third kappa shape index (κ3) is 4.44. The van der Waals surface area contributed by atoms with E-state index in [1.54, 1.807) is 0 Å². The Kier molecular flexibility index (Phi) is 4.39. The lowest BCUT2D eigenvalue weighted by Gasteiger charge is -2.13. The zero-order valence-electron chi connectivity index (χ0n) is 8.42. The van der Waals surface area contributed by atoms with E-state index < -0.39 is 11.0 Å². The molecule has 3 heteroatoms. The fraction of sp³-hybridized carbons (Fsp3) is 0.667. The molecule has 0 N–H and O–H groups in total. The van der Waals surface area contributed by atoms with E-state index in [9.17, 15) is 4.21 Å². The molecule has 0 aromatic heterocycles. The number of rotatable bonds is 2. The van der Waals surface area contributed by atoms with Crippen molar-refractivity contribution in [1.29, 1.82) is 0 Å². The molecule has 0 aromatic carbocycles. The topological polar surface area (TPSA) is 29.4 Å². The summed E-state index contributed by atoms with van der Waals surface area (Å²) in [5.41, 5.74) is 0.811. The predicted octanol–water partition coefficient (Wildman–Crippen LogP) is 2.49. The van der Waals surface area contributed by atoms with Gasteiger partial charge in [-0.25, -0.2) is 4.21 Å². The molecule has 0 saturated heterocycles. The molecular weight excluding hydrogens is 170 g/mol. The SMILES string of the molecule is C/C=C/C(C)=N\S(=O)C(C)(C)C. The molecule has 0 amide bonds. The molecule has 0 aliphatic carbocycles. The van der Waals surface area contributed by atoms with Gasteiger partial charge in [0.05, 0.1) is 4.75 Å². The average molecular weight is 187 g/mol. The van der Waals surface area contributed by atoms with Gasteiger partial charge in [0.25, 0.3) is 0 Å². The number of allylic oxidation sites excluding steroid dienone is 2. The van der Waals surface area contributed by atoms with Crippen LogP contribution < -0.4 is 0 Å². The monoisotopic (exact) mass is 187 g/mol. The molecule has 0 aliphatic rings. The average Bonchev–Trinajstić information content (AvgIpc) is 1.85. The molecule has 1 unspecified atom stereocenters. The summed E-state index contributed by atoms with van der Waals surface area (Å²) in [7, 11) is -1.13. The molecule has 0 heterocycles. The minimum atomic E-state index is -1.13. The highest BCUT2D eigenvalue weighted by molar-refractivity contribution is 7.85. The van der Waals surface area contributed by atoms with Gasteiger partial charge < -0.3 is 0 Å². The quantitative estimate of drug-likeness (QED) is 0.611. The van der Waals surface area contributed by atoms with Crippen LogP contribution in [-0.2, 0) is 11.0 Å². The van der Waals surface area contributed by atoms with Gasteiger partial charge in [0.1, 0.15) is 11.0 Å². The lowest BCUT2D eigenvalue weighted by molar-refractivity contribution is 0.650. The maximum atomic E-state index is 11.4. The van der Waals surface area contributed by atoms with E-state index in [4.69, 9.17) is 0 Å². The molecule has 12 heavy (non-hydrogen) atoms. The van der Waals surface area contributed by atoms with Gasteiger partial charge in [0.2, 0.25) is 0 Å². The van der Waals surface area contributed by atoms with Crippen LogP contribution in [-0.4, -0.2) is 14.7 Å². The fourth-order valence-corrected chi connectivity index (χ4v) is 1.14. The summed E-state index contributed by atoms with van der Waals surface area (Å²) in [5.74, 6) is 0. The third-order valence-electron chi connectivity index (χ3n) is 1.16. The molecule has 1 atom stereocenters. The van der Waals surface area contributed by atoms with Crippen LogP contribution in [0.5, 0.6) is 0 Å². The van der Waals surface area contributed by atoms with Crippen molar-refractivity contribution in [3.05, 3.63) is 12.2 Å². The van der Waals surface area contributed by atoms with Gasteiger partial charge in [-0.05, 0) is 40.7 Å². The van der Waals surface area contributed by atoms with Gasteiger partial charge in [-0.1, -0.05) is 6.08 Å². The summed E-state index contributed by atoms with van der Waals surface area (Å²) < 4.78 is 15.2. The first-order chi connectivity index (χ1) is 5.38. The van der Waals surface area contributed by atoms with Crippen LogP contribution >= 0.6 is 0 Å². The van der Waals surface area contributed by atoms with Crippen molar-refractivity contribution in [1.82, 2.24) is 0 Å². The summed E-state index contributed by atoms with van der Waals surface area (Å²) in [6, 6.07) is 0. The van der Waals surface area contributed by atoms with Gasteiger partial charge in [0.15, 0.2) is 0 Å². The van der Waals surface area contributed by atoms with Crippen molar-refractivity contribution in [2.24, 2.45) is 4.40 Å². The van der Waals surface area contributed by atoms with E-state index in [0.717, 1.165) is 5.71 Å². The summed E-state index contributed by atoms with van der Waals surface area (Å²) in [4.78, 5) is 0. The van der Waals surface area contributed by atoms with E-state index in [2.05, 4.69) is 4.40 Å². The van der Waals surface area contributed by atoms with Crippen molar-refractivity contribution in [2.75, 3.05) is 0 Å². The summed E-state index contributed by atoms with van der Waals surface area (Å²) in [6.45, 7) is 9.50. The number of hydrogen-bond donors (Lipinski definition) is 0. The Morgan fingerprint density at radius 1 is 1.42 bits per heavy atom. The van der Waals surface area contributed by atoms with Crippen molar-refractivity contribution in [3.8, 4) is 0 Å². The highest BCUT2D eigenvalue weighted by Crippen LogP contribution is 2.12. The maximum absolute atomic E-state index is 11.4. The smallest absolute Gasteiger partial charge is 0.145 e. The summed E-state index contributed by atoms with van der Waals surface area (Å²) in [6.07, 6.45) is 3.74. The van der Waals surface area contributed by atoms with Gasteiger partial charge in [-0.2, -0.15) is 4.40 Å². The van der Waals surface area contributed by atoms with Crippen LogP contribution in [0.25, 0.3) is 0 Å². The highest BCUT2D eigenvalue weighted by Gasteiger charge is 2.18. The molecule has 70 valence electrons. The van der Waals surface area contributed by atoms with Gasteiger partial charge in [-0.3, -0.25) is 0 Å². The third-order valence-corrected chi connectivity index (χ3v) is 2.66. The fourth-order valence-electron chi connectivity index (χ4n) is 0.539. The van der Waals surface area contributed by atoms with Crippen LogP contribution in [0.1, 0.15) is 34.6 Å². The Labute approximate surface area is 77.4 Å². The first-order valence-corrected chi connectivity index (χ1v) is 5.08. The van der Waals surface area contributed by atoms with Gasteiger partial charge in [-0.15, -0.1) is 0 Å². The van der Waals surface area contributed by atoms with Crippen molar-refractivity contribution in [3.63, 3.8) is 0 Å². The van der Waals surface area contributed by atoms with Crippen molar-refractivity contribution >= 4 is 16.7 Å². The molecule has 2 nitrogen and oxygen atoms in total. The van der Waals surface area contributed by atoms with E-state index in [1.807, 2.05) is 46.8 Å². The number of nitrogens with zero attached hydrogens (tertiary/aromatic N) is 1. The van der Waals surface area contributed by atoms with E-state index >= 15 is 0 Å². The van der Waals surface area contributed by atoms with Gasteiger partial charge >= 0.3 is 0 Å². The Morgan fingerprint density at radius 3 is 2.25 bits per heavy atom. The van der Waals surface area contributed by atoms with Crippen LogP contribution in [0.2, 0.25) is 0 Å². The Hall–Kier alpha value is -0.440. The van der Waals surface area contributed by atoms with Crippen LogP contribution in [0.3, 0.4) is 0 Å². The Balaban J connectivity index is 4.45. The second kappa shape index (κ2) is 4.55. The Morgan fingerprint density at radius 2 is 1.92 bits per heavy atom. The van der Waals surface area contributed by atoms with Crippen LogP contribution in [0.15, 0.2) is 16.5 Å².